The number of aromatic nitrogens is 1. The SMILES string of the molecule is CC#CCn1ccc2cc(CNCCOC)ccc21. The Morgan fingerprint density at radius 2 is 2.21 bits per heavy atom. The summed E-state index contributed by atoms with van der Waals surface area (Å²) < 4.78 is 7.19. The second kappa shape index (κ2) is 6.98. The van der Waals surface area contributed by atoms with Crippen LogP contribution in [0, 0.1) is 11.8 Å². The van der Waals surface area contributed by atoms with Crippen molar-refractivity contribution in [3.8, 4) is 11.8 Å². The summed E-state index contributed by atoms with van der Waals surface area (Å²) >= 11 is 0. The van der Waals surface area contributed by atoms with E-state index in [9.17, 15) is 0 Å². The first kappa shape index (κ1) is 13.7. The van der Waals surface area contributed by atoms with Crippen LogP contribution in [0.4, 0.5) is 0 Å². The Kier molecular flexibility index (Phi) is 5.02. The van der Waals surface area contributed by atoms with Gasteiger partial charge in [0.15, 0.2) is 0 Å². The summed E-state index contributed by atoms with van der Waals surface area (Å²) in [6.45, 7) is 5.12. The van der Waals surface area contributed by atoms with Gasteiger partial charge in [0.25, 0.3) is 0 Å². The molecular weight excluding hydrogens is 236 g/mol. The smallest absolute Gasteiger partial charge is 0.0837 e. The van der Waals surface area contributed by atoms with Crippen LogP contribution in [0.15, 0.2) is 30.5 Å². The predicted molar refractivity (Wildman–Crippen MR) is 79.0 cm³/mol. The maximum absolute atomic E-state index is 5.01. The van der Waals surface area contributed by atoms with E-state index in [1.165, 1.54) is 16.5 Å². The normalized spacial score (nSPS) is 10.4. The third-order valence-corrected chi connectivity index (χ3v) is 3.07. The molecule has 3 nitrogen and oxygen atoms in total. The van der Waals surface area contributed by atoms with Crippen LogP contribution >= 0.6 is 0 Å². The van der Waals surface area contributed by atoms with Gasteiger partial charge in [0, 0.05) is 31.9 Å². The van der Waals surface area contributed by atoms with E-state index in [1.54, 1.807) is 7.11 Å². The quantitative estimate of drug-likeness (QED) is 0.634. The number of methoxy groups -OCH3 is 1. The third kappa shape index (κ3) is 3.60. The molecule has 0 bridgehead atoms. The van der Waals surface area contributed by atoms with Crippen molar-refractivity contribution in [2.75, 3.05) is 20.3 Å². The first-order chi connectivity index (χ1) is 9.35. The minimum absolute atomic E-state index is 0.744. The van der Waals surface area contributed by atoms with E-state index < -0.39 is 0 Å². The maximum atomic E-state index is 5.01. The lowest BCUT2D eigenvalue weighted by molar-refractivity contribution is 0.199. The van der Waals surface area contributed by atoms with Gasteiger partial charge in [-0.15, -0.1) is 5.92 Å². The van der Waals surface area contributed by atoms with Gasteiger partial charge in [-0.25, -0.2) is 0 Å². The highest BCUT2D eigenvalue weighted by molar-refractivity contribution is 5.81. The first-order valence-corrected chi connectivity index (χ1v) is 6.52. The van der Waals surface area contributed by atoms with E-state index in [-0.39, 0.29) is 0 Å². The van der Waals surface area contributed by atoms with Crippen LogP contribution in [-0.2, 0) is 17.8 Å². The number of benzene rings is 1. The molecule has 0 atom stereocenters. The fraction of sp³-hybridized carbons (Fsp3) is 0.375. The molecule has 0 radical (unpaired) electrons. The number of rotatable bonds is 6. The highest BCUT2D eigenvalue weighted by Crippen LogP contribution is 2.17. The van der Waals surface area contributed by atoms with Gasteiger partial charge in [-0.05, 0) is 36.1 Å². The van der Waals surface area contributed by atoms with Crippen molar-refractivity contribution in [2.24, 2.45) is 0 Å². The Morgan fingerprint density at radius 1 is 1.32 bits per heavy atom. The largest absolute Gasteiger partial charge is 0.383 e. The molecule has 1 aromatic carbocycles. The Balaban J connectivity index is 2.06. The van der Waals surface area contributed by atoms with Crippen molar-refractivity contribution in [1.29, 1.82) is 0 Å². The summed E-state index contributed by atoms with van der Waals surface area (Å²) in [6, 6.07) is 8.70. The Morgan fingerprint density at radius 3 is 3.00 bits per heavy atom. The Labute approximate surface area is 114 Å². The topological polar surface area (TPSA) is 26.2 Å². The van der Waals surface area contributed by atoms with E-state index in [0.717, 1.165) is 26.2 Å². The summed E-state index contributed by atoms with van der Waals surface area (Å²) in [4.78, 5) is 0. The van der Waals surface area contributed by atoms with Gasteiger partial charge < -0.3 is 14.6 Å². The van der Waals surface area contributed by atoms with E-state index in [1.807, 2.05) is 6.92 Å². The zero-order valence-electron chi connectivity index (χ0n) is 11.6. The van der Waals surface area contributed by atoms with Crippen molar-refractivity contribution in [3.05, 3.63) is 36.0 Å². The highest BCUT2D eigenvalue weighted by atomic mass is 16.5. The fourth-order valence-electron chi connectivity index (χ4n) is 2.07. The molecule has 0 saturated carbocycles. The minimum atomic E-state index is 0.744. The molecule has 0 aliphatic carbocycles. The summed E-state index contributed by atoms with van der Waals surface area (Å²) in [5, 5.41) is 4.62. The lowest BCUT2D eigenvalue weighted by Gasteiger charge is -2.05. The van der Waals surface area contributed by atoms with Crippen molar-refractivity contribution in [2.45, 2.75) is 20.0 Å². The second-order valence-corrected chi connectivity index (χ2v) is 4.43. The number of hydrogen-bond donors (Lipinski definition) is 1. The molecule has 2 rings (SSSR count). The Hall–Kier alpha value is -1.76. The number of nitrogens with zero attached hydrogens (tertiary/aromatic N) is 1. The van der Waals surface area contributed by atoms with Crippen LogP contribution < -0.4 is 5.32 Å². The van der Waals surface area contributed by atoms with Gasteiger partial charge in [-0.3, -0.25) is 0 Å². The molecule has 0 amide bonds. The van der Waals surface area contributed by atoms with Crippen LogP contribution in [0.25, 0.3) is 10.9 Å². The molecule has 1 aromatic heterocycles. The minimum Gasteiger partial charge on any atom is -0.383 e. The summed E-state index contributed by atoms with van der Waals surface area (Å²) in [5.74, 6) is 6.02. The lowest BCUT2D eigenvalue weighted by atomic mass is 10.1. The number of fused-ring (bicyclic) bond motifs is 1. The zero-order valence-corrected chi connectivity index (χ0v) is 11.6. The van der Waals surface area contributed by atoms with Crippen molar-refractivity contribution >= 4 is 10.9 Å². The molecule has 100 valence electrons. The summed E-state index contributed by atoms with van der Waals surface area (Å²) in [6.07, 6.45) is 2.09. The molecule has 2 aromatic rings. The molecule has 3 heteroatoms. The predicted octanol–water partition coefficient (Wildman–Crippen LogP) is 2.40. The number of nitrogens with one attached hydrogen (secondary N) is 1. The summed E-state index contributed by atoms with van der Waals surface area (Å²) in [5.41, 5.74) is 2.53. The van der Waals surface area contributed by atoms with Crippen LogP contribution in [0.3, 0.4) is 0 Å². The lowest BCUT2D eigenvalue weighted by Crippen LogP contribution is -2.18. The standard InChI is InChI=1S/C16H20N2O/c1-3-4-9-18-10-7-15-12-14(5-6-16(15)18)13-17-8-11-19-2/h5-7,10,12,17H,8-9,11,13H2,1-2H3. The molecule has 19 heavy (non-hydrogen) atoms. The molecule has 0 fully saturated rings. The van der Waals surface area contributed by atoms with Gasteiger partial charge in [-0.2, -0.15) is 0 Å². The molecule has 0 saturated heterocycles. The maximum Gasteiger partial charge on any atom is 0.0837 e. The summed E-state index contributed by atoms with van der Waals surface area (Å²) in [7, 11) is 1.72. The van der Waals surface area contributed by atoms with Crippen LogP contribution in [0.1, 0.15) is 12.5 Å². The van der Waals surface area contributed by atoms with Crippen molar-refractivity contribution < 1.29 is 4.74 Å². The molecule has 0 aliphatic rings. The van der Waals surface area contributed by atoms with E-state index >= 15 is 0 Å². The molecule has 0 unspecified atom stereocenters. The van der Waals surface area contributed by atoms with Gasteiger partial charge in [-0.1, -0.05) is 12.0 Å². The average molecular weight is 256 g/mol. The fourth-order valence-corrected chi connectivity index (χ4v) is 2.07. The van der Waals surface area contributed by atoms with Gasteiger partial charge >= 0.3 is 0 Å². The second-order valence-electron chi connectivity index (χ2n) is 4.43. The zero-order chi connectivity index (χ0) is 13.5. The van der Waals surface area contributed by atoms with Gasteiger partial charge in [0.2, 0.25) is 0 Å². The molecular formula is C16H20N2O. The monoisotopic (exact) mass is 256 g/mol. The number of ether oxygens (including phenoxy) is 1. The van der Waals surface area contributed by atoms with Crippen molar-refractivity contribution in [1.82, 2.24) is 9.88 Å². The molecule has 1 heterocycles. The third-order valence-electron chi connectivity index (χ3n) is 3.07. The van der Waals surface area contributed by atoms with Crippen molar-refractivity contribution in [3.63, 3.8) is 0 Å². The van der Waals surface area contributed by atoms with E-state index in [0.29, 0.717) is 0 Å². The first-order valence-electron chi connectivity index (χ1n) is 6.52. The number of hydrogen-bond acceptors (Lipinski definition) is 2. The molecule has 0 aliphatic heterocycles. The van der Waals surface area contributed by atoms with Gasteiger partial charge in [0.1, 0.15) is 0 Å². The van der Waals surface area contributed by atoms with Crippen LogP contribution in [0.2, 0.25) is 0 Å². The average Bonchev–Trinajstić information content (AvgIpc) is 2.84. The Bertz CT molecular complexity index is 590. The van der Waals surface area contributed by atoms with E-state index in [4.69, 9.17) is 4.74 Å². The molecule has 0 spiro atoms. The highest BCUT2D eigenvalue weighted by Gasteiger charge is 2.01. The molecule has 1 N–H and O–H groups in total. The van der Waals surface area contributed by atoms with Crippen LogP contribution in [0.5, 0.6) is 0 Å². The van der Waals surface area contributed by atoms with Gasteiger partial charge in [0.05, 0.1) is 13.2 Å². The van der Waals surface area contributed by atoms with E-state index in [2.05, 4.69) is 52.2 Å². The van der Waals surface area contributed by atoms with Crippen LogP contribution in [-0.4, -0.2) is 24.8 Å².